The topological polar surface area (TPSA) is 102 Å². The van der Waals surface area contributed by atoms with Gasteiger partial charge in [0.05, 0.1) is 25.2 Å². The molecule has 1 rings (SSSR count). The molecule has 7 nitrogen and oxygen atoms in total. The van der Waals surface area contributed by atoms with Crippen LogP contribution >= 0.6 is 0 Å². The number of hydrogen-bond donors (Lipinski definition) is 2. The Kier molecular flexibility index (Phi) is 12.3. The Morgan fingerprint density at radius 2 is 1.88 bits per heavy atom. The summed E-state index contributed by atoms with van der Waals surface area (Å²) in [5.41, 5.74) is 1.52. The Morgan fingerprint density at radius 3 is 2.28 bits per heavy atom. The molecule has 0 aliphatic carbocycles. The lowest BCUT2D eigenvalue weighted by atomic mass is 9.92. The Bertz CT molecular complexity index is 514. The maximum Gasteiger partial charge on any atom is 0.338 e. The Labute approximate surface area is 148 Å². The average Bonchev–Trinajstić information content (AvgIpc) is 2.63. The third-order valence-corrected chi connectivity index (χ3v) is 3.47. The van der Waals surface area contributed by atoms with Crippen LogP contribution in [0.15, 0.2) is 18.2 Å². The summed E-state index contributed by atoms with van der Waals surface area (Å²) in [5, 5.41) is 19.1. The summed E-state index contributed by atoms with van der Waals surface area (Å²) in [4.78, 5) is 22.1. The fourth-order valence-corrected chi connectivity index (χ4v) is 2.13. The second-order valence-corrected chi connectivity index (χ2v) is 4.96. The molecule has 2 N–H and O–H groups in total. The number of carbonyl (C=O) groups excluding carboxylic acids is 2. The number of aliphatic hydroxyl groups is 2. The van der Waals surface area contributed by atoms with E-state index >= 15 is 0 Å². The molecule has 25 heavy (non-hydrogen) atoms. The van der Waals surface area contributed by atoms with Crippen LogP contribution in [0.3, 0.4) is 0 Å². The molecule has 0 aliphatic heterocycles. The van der Waals surface area contributed by atoms with Crippen molar-refractivity contribution in [2.75, 3.05) is 26.9 Å². The monoisotopic (exact) mass is 356 g/mol. The van der Waals surface area contributed by atoms with Crippen LogP contribution < -0.4 is 0 Å². The van der Waals surface area contributed by atoms with Gasteiger partial charge in [-0.1, -0.05) is 19.1 Å². The van der Waals surface area contributed by atoms with E-state index in [-0.39, 0.29) is 12.0 Å². The predicted octanol–water partition coefficient (Wildman–Crippen LogP) is 1.65. The van der Waals surface area contributed by atoms with Gasteiger partial charge < -0.3 is 24.4 Å². The van der Waals surface area contributed by atoms with Gasteiger partial charge >= 0.3 is 5.97 Å². The molecule has 0 saturated heterocycles. The number of aryl methyl sites for hydroxylation is 1. The number of aliphatic hydroxyl groups excluding tert-OH is 2. The van der Waals surface area contributed by atoms with Gasteiger partial charge in [-0.2, -0.15) is 0 Å². The first-order valence-corrected chi connectivity index (χ1v) is 8.17. The van der Waals surface area contributed by atoms with Crippen LogP contribution in [0.2, 0.25) is 0 Å². The first-order valence-electron chi connectivity index (χ1n) is 8.17. The van der Waals surface area contributed by atoms with Gasteiger partial charge in [0.15, 0.2) is 0 Å². The molecule has 2 unspecified atom stereocenters. The third kappa shape index (κ3) is 7.64. The fourth-order valence-electron chi connectivity index (χ4n) is 2.13. The Morgan fingerprint density at radius 1 is 1.24 bits per heavy atom. The quantitative estimate of drug-likeness (QED) is 0.394. The molecule has 142 valence electrons. The van der Waals surface area contributed by atoms with Crippen LogP contribution in [0.25, 0.3) is 0 Å². The van der Waals surface area contributed by atoms with Crippen molar-refractivity contribution >= 4 is 12.4 Å². The molecular weight excluding hydrogens is 328 g/mol. The minimum atomic E-state index is -1.53. The van der Waals surface area contributed by atoms with Crippen molar-refractivity contribution in [2.45, 2.75) is 39.4 Å². The fraction of sp³-hybridized carbons (Fsp3) is 0.556. The van der Waals surface area contributed by atoms with E-state index in [0.29, 0.717) is 5.56 Å². The Balaban J connectivity index is 0.00000101. The molecule has 2 atom stereocenters. The maximum atomic E-state index is 11.8. The van der Waals surface area contributed by atoms with E-state index in [0.717, 1.165) is 25.2 Å². The summed E-state index contributed by atoms with van der Waals surface area (Å²) < 4.78 is 14.0. The van der Waals surface area contributed by atoms with E-state index in [1.807, 2.05) is 20.8 Å². The smallest absolute Gasteiger partial charge is 0.338 e. The first kappa shape index (κ1) is 23.0. The molecule has 0 radical (unpaired) electrons. The standard InChI is InChI=1S/C14H18O6.C4H10O/c1-3-9-4-5-10(11(6-9)13(17)19-2)12(7-15)14(18)20-8-16;1-3-5-4-2/h4-6,8,12,14-15,18H,3,7H2,1-2H3;3-4H2,1-2H3. The third-order valence-electron chi connectivity index (χ3n) is 3.47. The van der Waals surface area contributed by atoms with Crippen LogP contribution in [0.5, 0.6) is 0 Å². The van der Waals surface area contributed by atoms with Crippen molar-refractivity contribution < 1.29 is 34.0 Å². The number of benzene rings is 1. The first-order chi connectivity index (χ1) is 12.0. The van der Waals surface area contributed by atoms with Crippen molar-refractivity contribution in [3.63, 3.8) is 0 Å². The molecule has 1 aromatic carbocycles. The van der Waals surface area contributed by atoms with E-state index in [2.05, 4.69) is 4.74 Å². The van der Waals surface area contributed by atoms with Crippen LogP contribution in [-0.2, 0) is 25.4 Å². The highest BCUT2D eigenvalue weighted by Gasteiger charge is 2.27. The summed E-state index contributed by atoms with van der Waals surface area (Å²) in [5.74, 6) is -1.49. The zero-order valence-corrected chi connectivity index (χ0v) is 15.2. The molecule has 0 amide bonds. The molecule has 0 aromatic heterocycles. The molecule has 7 heteroatoms. The van der Waals surface area contributed by atoms with E-state index < -0.39 is 24.8 Å². The molecule has 0 heterocycles. The lowest BCUT2D eigenvalue weighted by Gasteiger charge is -2.22. The lowest BCUT2D eigenvalue weighted by molar-refractivity contribution is -0.157. The van der Waals surface area contributed by atoms with E-state index in [1.165, 1.54) is 7.11 Å². The summed E-state index contributed by atoms with van der Waals surface area (Å²) in [6.45, 7) is 7.21. The average molecular weight is 356 g/mol. The number of methoxy groups -OCH3 is 1. The molecule has 0 bridgehead atoms. The van der Waals surface area contributed by atoms with E-state index in [1.54, 1.807) is 18.2 Å². The summed E-state index contributed by atoms with van der Waals surface area (Å²) in [7, 11) is 1.25. The van der Waals surface area contributed by atoms with Gasteiger partial charge in [-0.15, -0.1) is 0 Å². The van der Waals surface area contributed by atoms with Gasteiger partial charge in [0, 0.05) is 13.2 Å². The van der Waals surface area contributed by atoms with Crippen LogP contribution in [0.4, 0.5) is 0 Å². The van der Waals surface area contributed by atoms with Crippen molar-refractivity contribution in [1.29, 1.82) is 0 Å². The summed E-state index contributed by atoms with van der Waals surface area (Å²) in [6, 6.07) is 5.03. The SMILES string of the molecule is CCOCC.CCc1ccc(C(CO)C(O)OC=O)c(C(=O)OC)c1. The van der Waals surface area contributed by atoms with Gasteiger partial charge in [0.1, 0.15) is 0 Å². The van der Waals surface area contributed by atoms with Gasteiger partial charge in [-0.3, -0.25) is 4.79 Å². The van der Waals surface area contributed by atoms with Gasteiger partial charge in [0.2, 0.25) is 6.29 Å². The number of esters is 1. The number of carbonyl (C=O) groups is 2. The second kappa shape index (κ2) is 13.3. The normalized spacial score (nSPS) is 12.4. The molecular formula is C18H28O7. The highest BCUT2D eigenvalue weighted by molar-refractivity contribution is 5.91. The molecule has 0 aliphatic rings. The maximum absolute atomic E-state index is 11.8. The van der Waals surface area contributed by atoms with Crippen LogP contribution in [0, 0.1) is 0 Å². The zero-order chi connectivity index (χ0) is 19.2. The largest absolute Gasteiger partial charge is 0.465 e. The lowest BCUT2D eigenvalue weighted by Crippen LogP contribution is -2.26. The van der Waals surface area contributed by atoms with Crippen molar-refractivity contribution in [2.24, 2.45) is 0 Å². The van der Waals surface area contributed by atoms with Gasteiger partial charge in [-0.05, 0) is 37.5 Å². The molecule has 0 spiro atoms. The molecule has 0 saturated carbocycles. The van der Waals surface area contributed by atoms with Crippen molar-refractivity contribution in [1.82, 2.24) is 0 Å². The minimum absolute atomic E-state index is 0.0888. The molecule has 0 fully saturated rings. The van der Waals surface area contributed by atoms with E-state index in [4.69, 9.17) is 9.47 Å². The van der Waals surface area contributed by atoms with Gasteiger partial charge in [-0.25, -0.2) is 4.79 Å². The highest BCUT2D eigenvalue weighted by Crippen LogP contribution is 2.26. The molecule has 1 aromatic rings. The van der Waals surface area contributed by atoms with Gasteiger partial charge in [0.25, 0.3) is 6.47 Å². The summed E-state index contributed by atoms with van der Waals surface area (Å²) in [6.07, 6.45) is -0.810. The van der Waals surface area contributed by atoms with E-state index in [9.17, 15) is 19.8 Å². The van der Waals surface area contributed by atoms with Crippen LogP contribution in [-0.4, -0.2) is 55.9 Å². The van der Waals surface area contributed by atoms with Crippen molar-refractivity contribution in [3.8, 4) is 0 Å². The predicted molar refractivity (Wildman–Crippen MR) is 92.3 cm³/mol. The van der Waals surface area contributed by atoms with Crippen LogP contribution in [0.1, 0.15) is 48.2 Å². The number of hydrogen-bond acceptors (Lipinski definition) is 7. The number of rotatable bonds is 9. The Hall–Kier alpha value is -1.96. The number of ether oxygens (including phenoxy) is 3. The highest BCUT2D eigenvalue weighted by atomic mass is 16.6. The second-order valence-electron chi connectivity index (χ2n) is 4.96. The zero-order valence-electron chi connectivity index (χ0n) is 15.2. The van der Waals surface area contributed by atoms with Crippen molar-refractivity contribution in [3.05, 3.63) is 34.9 Å². The summed E-state index contributed by atoms with van der Waals surface area (Å²) >= 11 is 0. The minimum Gasteiger partial charge on any atom is -0.465 e.